The van der Waals surface area contributed by atoms with Crippen LogP contribution >= 0.6 is 0 Å². The zero-order valence-corrected chi connectivity index (χ0v) is 12.0. The van der Waals surface area contributed by atoms with Crippen LogP contribution in [0.1, 0.15) is 18.7 Å². The Labute approximate surface area is 122 Å². The summed E-state index contributed by atoms with van der Waals surface area (Å²) < 4.78 is 1.91. The Morgan fingerprint density at radius 3 is 2.90 bits per heavy atom. The van der Waals surface area contributed by atoms with Crippen molar-refractivity contribution in [2.24, 2.45) is 5.73 Å². The highest BCUT2D eigenvalue weighted by molar-refractivity contribution is 5.75. The van der Waals surface area contributed by atoms with Crippen molar-refractivity contribution < 1.29 is 4.79 Å². The Morgan fingerprint density at radius 2 is 2.19 bits per heavy atom. The van der Waals surface area contributed by atoms with Crippen molar-refractivity contribution in [3.05, 3.63) is 18.2 Å². The summed E-state index contributed by atoms with van der Waals surface area (Å²) >= 11 is 0. The zero-order valence-electron chi connectivity index (χ0n) is 12.0. The molecular weight excluding hydrogens is 270 g/mol. The molecule has 0 aromatic carbocycles. The molecule has 3 rings (SSSR count). The van der Waals surface area contributed by atoms with E-state index < -0.39 is 0 Å². The fourth-order valence-electron chi connectivity index (χ4n) is 2.69. The Bertz CT molecular complexity index is 645. The van der Waals surface area contributed by atoms with Crippen molar-refractivity contribution in [3.63, 3.8) is 0 Å². The molecule has 0 unspecified atom stereocenters. The van der Waals surface area contributed by atoms with Gasteiger partial charge in [-0.05, 0) is 19.8 Å². The maximum absolute atomic E-state index is 10.9. The lowest BCUT2D eigenvalue weighted by atomic mass is 10.1. The largest absolute Gasteiger partial charge is 0.369 e. The standard InChI is InChI=1S/C13H19N7O/c1-9-17-18-13-12(15-4-7-20(9)13)16-10-2-5-19(6-3-10)8-11(14)21/h4,7,10H,2-3,5-6,8H2,1H3,(H2,14,21)(H,15,16). The summed E-state index contributed by atoms with van der Waals surface area (Å²) in [5, 5.41) is 11.7. The van der Waals surface area contributed by atoms with Crippen molar-refractivity contribution in [1.82, 2.24) is 24.5 Å². The monoisotopic (exact) mass is 289 g/mol. The number of primary amides is 1. The van der Waals surface area contributed by atoms with Gasteiger partial charge in [-0.1, -0.05) is 0 Å². The quantitative estimate of drug-likeness (QED) is 0.808. The van der Waals surface area contributed by atoms with Gasteiger partial charge in [0.1, 0.15) is 5.82 Å². The van der Waals surface area contributed by atoms with E-state index in [9.17, 15) is 4.79 Å². The number of nitrogens with one attached hydrogen (secondary N) is 1. The molecule has 1 aliphatic heterocycles. The molecule has 1 fully saturated rings. The number of nitrogens with zero attached hydrogens (tertiary/aromatic N) is 5. The number of hydrogen-bond acceptors (Lipinski definition) is 6. The van der Waals surface area contributed by atoms with Crippen molar-refractivity contribution in [2.45, 2.75) is 25.8 Å². The lowest BCUT2D eigenvalue weighted by molar-refractivity contribution is -0.119. The first-order chi connectivity index (χ1) is 10.1. The number of hydrogen-bond donors (Lipinski definition) is 2. The third-order valence-corrected chi connectivity index (χ3v) is 3.81. The number of carbonyl (C=O) groups is 1. The first kappa shape index (κ1) is 13.7. The van der Waals surface area contributed by atoms with E-state index in [1.54, 1.807) is 6.20 Å². The molecule has 3 N–H and O–H groups in total. The molecule has 0 saturated carbocycles. The fourth-order valence-corrected chi connectivity index (χ4v) is 2.69. The van der Waals surface area contributed by atoms with Crippen molar-refractivity contribution in [3.8, 4) is 0 Å². The molecule has 1 amide bonds. The van der Waals surface area contributed by atoms with Crippen LogP contribution in [0.4, 0.5) is 5.82 Å². The molecule has 8 heteroatoms. The maximum atomic E-state index is 10.9. The molecule has 8 nitrogen and oxygen atoms in total. The minimum Gasteiger partial charge on any atom is -0.369 e. The number of likely N-dealkylation sites (tertiary alicyclic amines) is 1. The van der Waals surface area contributed by atoms with Crippen LogP contribution < -0.4 is 11.1 Å². The Morgan fingerprint density at radius 1 is 1.43 bits per heavy atom. The van der Waals surface area contributed by atoms with Gasteiger partial charge in [0.25, 0.3) is 0 Å². The number of piperidine rings is 1. The van der Waals surface area contributed by atoms with Gasteiger partial charge in [0.15, 0.2) is 5.82 Å². The average Bonchev–Trinajstić information content (AvgIpc) is 2.83. The summed E-state index contributed by atoms with van der Waals surface area (Å²) in [5.41, 5.74) is 5.97. The number of carbonyl (C=O) groups excluding carboxylic acids is 1. The summed E-state index contributed by atoms with van der Waals surface area (Å²) in [5.74, 6) is 1.32. The van der Waals surface area contributed by atoms with Gasteiger partial charge in [0.2, 0.25) is 11.6 Å². The SMILES string of the molecule is Cc1nnc2c(NC3CCN(CC(N)=O)CC3)nccn12. The summed E-state index contributed by atoms with van der Waals surface area (Å²) in [4.78, 5) is 17.4. The van der Waals surface area contributed by atoms with Crippen LogP contribution in [-0.2, 0) is 4.79 Å². The van der Waals surface area contributed by atoms with E-state index >= 15 is 0 Å². The van der Waals surface area contributed by atoms with Crippen LogP contribution in [0, 0.1) is 6.92 Å². The van der Waals surface area contributed by atoms with E-state index in [1.165, 1.54) is 0 Å². The number of nitrogens with two attached hydrogens (primary N) is 1. The molecule has 0 radical (unpaired) electrons. The summed E-state index contributed by atoms with van der Waals surface area (Å²) in [6.07, 6.45) is 5.49. The molecule has 0 atom stereocenters. The van der Waals surface area contributed by atoms with Crippen molar-refractivity contribution in [2.75, 3.05) is 25.0 Å². The Balaban J connectivity index is 1.66. The third kappa shape index (κ3) is 2.94. The normalized spacial score (nSPS) is 17.2. The molecule has 21 heavy (non-hydrogen) atoms. The third-order valence-electron chi connectivity index (χ3n) is 3.81. The highest BCUT2D eigenvalue weighted by Crippen LogP contribution is 2.18. The lowest BCUT2D eigenvalue weighted by Crippen LogP contribution is -2.43. The first-order valence-corrected chi connectivity index (χ1v) is 7.07. The van der Waals surface area contributed by atoms with E-state index in [2.05, 4.69) is 25.4 Å². The minimum atomic E-state index is -0.272. The van der Waals surface area contributed by atoms with Crippen LogP contribution in [0.15, 0.2) is 12.4 Å². The number of aromatic nitrogens is 4. The van der Waals surface area contributed by atoms with Gasteiger partial charge < -0.3 is 11.1 Å². The highest BCUT2D eigenvalue weighted by Gasteiger charge is 2.21. The van der Waals surface area contributed by atoms with E-state index in [-0.39, 0.29) is 5.91 Å². The molecule has 3 heterocycles. The predicted octanol–water partition coefficient (Wildman–Crippen LogP) is -0.206. The molecule has 112 valence electrons. The predicted molar refractivity (Wildman–Crippen MR) is 77.8 cm³/mol. The fraction of sp³-hybridized carbons (Fsp3) is 0.538. The maximum Gasteiger partial charge on any atom is 0.231 e. The minimum absolute atomic E-state index is 0.272. The molecule has 2 aromatic heterocycles. The molecule has 0 bridgehead atoms. The van der Waals surface area contributed by atoms with Gasteiger partial charge in [-0.3, -0.25) is 14.1 Å². The second-order valence-electron chi connectivity index (χ2n) is 5.38. The van der Waals surface area contributed by atoms with Crippen molar-refractivity contribution >= 4 is 17.4 Å². The summed E-state index contributed by atoms with van der Waals surface area (Å²) in [6, 6.07) is 0.324. The molecule has 0 spiro atoms. The number of rotatable bonds is 4. The number of aryl methyl sites for hydroxylation is 1. The van der Waals surface area contributed by atoms with Gasteiger partial charge in [0.05, 0.1) is 6.54 Å². The first-order valence-electron chi connectivity index (χ1n) is 7.07. The molecule has 1 saturated heterocycles. The molecule has 2 aromatic rings. The van der Waals surface area contributed by atoms with Crippen LogP contribution in [0.2, 0.25) is 0 Å². The Hall–Kier alpha value is -2.22. The van der Waals surface area contributed by atoms with Gasteiger partial charge >= 0.3 is 0 Å². The van der Waals surface area contributed by atoms with Gasteiger partial charge in [-0.15, -0.1) is 10.2 Å². The summed E-state index contributed by atoms with van der Waals surface area (Å²) in [6.45, 7) is 3.96. The smallest absolute Gasteiger partial charge is 0.231 e. The van der Waals surface area contributed by atoms with Crippen LogP contribution in [-0.4, -0.2) is 56.1 Å². The Kier molecular flexibility index (Phi) is 3.70. The molecule has 0 aliphatic carbocycles. The van der Waals surface area contributed by atoms with E-state index in [0.717, 1.165) is 43.2 Å². The second-order valence-corrected chi connectivity index (χ2v) is 5.38. The molecule has 1 aliphatic rings. The topological polar surface area (TPSA) is 101 Å². The van der Waals surface area contributed by atoms with E-state index in [0.29, 0.717) is 12.6 Å². The van der Waals surface area contributed by atoms with E-state index in [1.807, 2.05) is 17.5 Å². The average molecular weight is 289 g/mol. The van der Waals surface area contributed by atoms with Crippen LogP contribution in [0.3, 0.4) is 0 Å². The zero-order chi connectivity index (χ0) is 14.8. The number of fused-ring (bicyclic) bond motifs is 1. The van der Waals surface area contributed by atoms with Crippen molar-refractivity contribution in [1.29, 1.82) is 0 Å². The summed E-state index contributed by atoms with van der Waals surface area (Å²) in [7, 11) is 0. The second kappa shape index (κ2) is 5.65. The van der Waals surface area contributed by atoms with Gasteiger partial charge in [-0.25, -0.2) is 4.98 Å². The highest BCUT2D eigenvalue weighted by atomic mass is 16.1. The lowest BCUT2D eigenvalue weighted by Gasteiger charge is -2.31. The van der Waals surface area contributed by atoms with Gasteiger partial charge in [-0.2, -0.15) is 0 Å². The number of amides is 1. The van der Waals surface area contributed by atoms with Crippen LogP contribution in [0.25, 0.3) is 5.65 Å². The van der Waals surface area contributed by atoms with Crippen LogP contribution in [0.5, 0.6) is 0 Å². The van der Waals surface area contributed by atoms with E-state index in [4.69, 9.17) is 5.73 Å². The van der Waals surface area contributed by atoms with Gasteiger partial charge in [0, 0.05) is 31.5 Å². The molecular formula is C13H19N7O. The number of anilines is 1.